The zero-order valence-corrected chi connectivity index (χ0v) is 18.2. The zero-order valence-electron chi connectivity index (χ0n) is 16.6. The minimum Gasteiger partial charge on any atom is -0.454 e. The molecular weight excluding hydrogens is 434 g/mol. The molecule has 1 aliphatic carbocycles. The molecule has 4 heterocycles. The van der Waals surface area contributed by atoms with Crippen LogP contribution in [0, 0.1) is 0 Å². The number of ether oxygens (including phenoxy) is 2. The normalized spacial score (nSPS) is 14.8. The summed E-state index contributed by atoms with van der Waals surface area (Å²) in [5.41, 5.74) is 3.19. The van der Waals surface area contributed by atoms with Crippen molar-refractivity contribution in [3.05, 3.63) is 40.5 Å². The number of hydrogen-bond acceptors (Lipinski definition) is 8. The van der Waals surface area contributed by atoms with E-state index < -0.39 is 0 Å². The fraction of sp³-hybridized carbons (Fsp3) is 0.333. The first-order chi connectivity index (χ1) is 15.3. The van der Waals surface area contributed by atoms with Crippen molar-refractivity contribution in [2.45, 2.75) is 37.4 Å². The number of hydrogen-bond donors (Lipinski definition) is 1. The second-order valence-electron chi connectivity index (χ2n) is 7.56. The minimum atomic E-state index is -0.0682. The van der Waals surface area contributed by atoms with Crippen molar-refractivity contribution in [3.63, 3.8) is 0 Å². The van der Waals surface area contributed by atoms with Gasteiger partial charge in [0.1, 0.15) is 11.2 Å². The van der Waals surface area contributed by atoms with Gasteiger partial charge in [-0.15, -0.1) is 21.5 Å². The highest BCUT2D eigenvalue weighted by atomic mass is 32.2. The SMILES string of the molecule is O=C(CSc1nnc2c3c4c(sc3ncn12)CCCC4)NCc1ccc2c(c1)OCO2. The highest BCUT2D eigenvalue weighted by Crippen LogP contribution is 2.37. The lowest BCUT2D eigenvalue weighted by molar-refractivity contribution is -0.118. The van der Waals surface area contributed by atoms with Gasteiger partial charge in [0.15, 0.2) is 22.3 Å². The Morgan fingerprint density at radius 3 is 3.06 bits per heavy atom. The standard InChI is InChI=1S/C21H19N5O3S2/c27-17(22-8-12-5-6-14-15(7-12)29-11-28-14)9-30-21-25-24-19-18-13-3-1-2-4-16(13)31-20(18)23-10-26(19)21/h5-7,10H,1-4,8-9,11H2,(H,22,27). The number of carbonyl (C=O) groups is 1. The van der Waals surface area contributed by atoms with Crippen LogP contribution in [-0.4, -0.2) is 38.0 Å². The molecule has 1 amide bonds. The molecule has 6 rings (SSSR count). The number of aromatic nitrogens is 4. The molecular formula is C21H19N5O3S2. The first-order valence-corrected chi connectivity index (χ1v) is 12.0. The Labute approximate surface area is 186 Å². The highest BCUT2D eigenvalue weighted by Gasteiger charge is 2.21. The number of nitrogens with one attached hydrogen (secondary N) is 1. The van der Waals surface area contributed by atoms with E-state index in [0.717, 1.165) is 40.0 Å². The Balaban J connectivity index is 1.15. The lowest BCUT2D eigenvalue weighted by Crippen LogP contribution is -2.24. The number of nitrogens with zero attached hydrogens (tertiary/aromatic N) is 4. The van der Waals surface area contributed by atoms with Crippen molar-refractivity contribution >= 4 is 44.9 Å². The maximum Gasteiger partial charge on any atom is 0.231 e. The molecule has 0 atom stereocenters. The molecule has 4 aromatic rings. The van der Waals surface area contributed by atoms with E-state index in [1.54, 1.807) is 17.7 Å². The minimum absolute atomic E-state index is 0.0682. The van der Waals surface area contributed by atoms with Crippen LogP contribution in [0.1, 0.15) is 28.8 Å². The molecule has 0 radical (unpaired) electrons. The molecule has 2 aliphatic rings. The molecule has 1 aromatic carbocycles. The van der Waals surface area contributed by atoms with Crippen LogP contribution >= 0.6 is 23.1 Å². The second kappa shape index (κ2) is 7.69. The van der Waals surface area contributed by atoms with Crippen molar-refractivity contribution in [2.24, 2.45) is 0 Å². The van der Waals surface area contributed by atoms with Crippen LogP contribution in [-0.2, 0) is 24.2 Å². The Morgan fingerprint density at radius 1 is 1.19 bits per heavy atom. The summed E-state index contributed by atoms with van der Waals surface area (Å²) in [7, 11) is 0. The summed E-state index contributed by atoms with van der Waals surface area (Å²) in [5, 5.41) is 13.5. The van der Waals surface area contributed by atoms with E-state index in [-0.39, 0.29) is 18.5 Å². The molecule has 3 aromatic heterocycles. The lowest BCUT2D eigenvalue weighted by Gasteiger charge is -2.10. The number of rotatable bonds is 5. The molecule has 0 saturated heterocycles. The average Bonchev–Trinajstić information content (AvgIpc) is 3.51. The molecule has 8 nitrogen and oxygen atoms in total. The summed E-state index contributed by atoms with van der Waals surface area (Å²) in [5.74, 6) is 1.64. The first kappa shape index (κ1) is 18.9. The molecule has 0 spiro atoms. The van der Waals surface area contributed by atoms with Gasteiger partial charge in [-0.3, -0.25) is 9.20 Å². The Hall–Kier alpha value is -2.85. The largest absolute Gasteiger partial charge is 0.454 e. The molecule has 158 valence electrons. The highest BCUT2D eigenvalue weighted by molar-refractivity contribution is 7.99. The van der Waals surface area contributed by atoms with Crippen LogP contribution < -0.4 is 14.8 Å². The van der Waals surface area contributed by atoms with Gasteiger partial charge in [-0.25, -0.2) is 4.98 Å². The number of thioether (sulfide) groups is 1. The van der Waals surface area contributed by atoms with Crippen molar-refractivity contribution in [1.29, 1.82) is 0 Å². The number of thiophene rings is 1. The van der Waals surface area contributed by atoms with Crippen LogP contribution in [0.4, 0.5) is 0 Å². The van der Waals surface area contributed by atoms with Crippen molar-refractivity contribution < 1.29 is 14.3 Å². The molecule has 1 aliphatic heterocycles. The number of aryl methyl sites for hydroxylation is 2. The molecule has 0 saturated carbocycles. The average molecular weight is 454 g/mol. The number of amides is 1. The molecule has 31 heavy (non-hydrogen) atoms. The Morgan fingerprint density at radius 2 is 2.10 bits per heavy atom. The summed E-state index contributed by atoms with van der Waals surface area (Å²) in [6.45, 7) is 0.670. The van der Waals surface area contributed by atoms with Crippen LogP contribution in [0.2, 0.25) is 0 Å². The van der Waals surface area contributed by atoms with Crippen LogP contribution in [0.3, 0.4) is 0 Å². The van der Waals surface area contributed by atoms with Gasteiger partial charge in [-0.1, -0.05) is 17.8 Å². The Bertz CT molecular complexity index is 1320. The summed E-state index contributed by atoms with van der Waals surface area (Å²) >= 11 is 3.14. The van der Waals surface area contributed by atoms with Gasteiger partial charge in [0.2, 0.25) is 12.7 Å². The predicted molar refractivity (Wildman–Crippen MR) is 118 cm³/mol. The lowest BCUT2D eigenvalue weighted by atomic mass is 9.97. The Kier molecular flexibility index (Phi) is 4.68. The van der Waals surface area contributed by atoms with E-state index in [1.165, 1.54) is 35.0 Å². The van der Waals surface area contributed by atoms with E-state index in [0.29, 0.717) is 17.5 Å². The fourth-order valence-electron chi connectivity index (χ4n) is 4.07. The molecule has 1 N–H and O–H groups in total. The van der Waals surface area contributed by atoms with Gasteiger partial charge < -0.3 is 14.8 Å². The van der Waals surface area contributed by atoms with Crippen molar-refractivity contribution in [3.8, 4) is 11.5 Å². The van der Waals surface area contributed by atoms with E-state index in [1.807, 2.05) is 22.6 Å². The molecule has 0 bridgehead atoms. The summed E-state index contributed by atoms with van der Waals surface area (Å²) < 4.78 is 12.6. The summed E-state index contributed by atoms with van der Waals surface area (Å²) in [4.78, 5) is 19.5. The van der Waals surface area contributed by atoms with Crippen LogP contribution in [0.5, 0.6) is 11.5 Å². The third-order valence-corrected chi connectivity index (χ3v) is 7.73. The van der Waals surface area contributed by atoms with Gasteiger partial charge in [-0.2, -0.15) is 0 Å². The first-order valence-electron chi connectivity index (χ1n) is 10.2. The number of carbonyl (C=O) groups excluding carboxylic acids is 1. The van der Waals surface area contributed by atoms with E-state index in [2.05, 4.69) is 20.5 Å². The van der Waals surface area contributed by atoms with Gasteiger partial charge in [-0.05, 0) is 48.9 Å². The van der Waals surface area contributed by atoms with Crippen LogP contribution in [0.25, 0.3) is 15.9 Å². The monoisotopic (exact) mass is 453 g/mol. The van der Waals surface area contributed by atoms with Gasteiger partial charge in [0.05, 0.1) is 11.1 Å². The fourth-order valence-corrected chi connectivity index (χ4v) is 6.02. The number of benzene rings is 1. The predicted octanol–water partition coefficient (Wildman–Crippen LogP) is 3.36. The third-order valence-electron chi connectivity index (χ3n) is 5.59. The van der Waals surface area contributed by atoms with E-state index in [9.17, 15) is 4.79 Å². The van der Waals surface area contributed by atoms with Crippen LogP contribution in [0.15, 0.2) is 29.7 Å². The second-order valence-corrected chi connectivity index (χ2v) is 9.59. The van der Waals surface area contributed by atoms with Gasteiger partial charge >= 0.3 is 0 Å². The van der Waals surface area contributed by atoms with Gasteiger partial charge in [0.25, 0.3) is 0 Å². The third kappa shape index (κ3) is 3.39. The number of fused-ring (bicyclic) bond motifs is 6. The quantitative estimate of drug-likeness (QED) is 0.464. The summed E-state index contributed by atoms with van der Waals surface area (Å²) in [6.07, 6.45) is 6.42. The maximum atomic E-state index is 12.4. The molecule has 0 unspecified atom stereocenters. The smallest absolute Gasteiger partial charge is 0.231 e. The summed E-state index contributed by atoms with van der Waals surface area (Å²) in [6, 6.07) is 5.67. The molecule has 0 fully saturated rings. The topological polar surface area (TPSA) is 90.6 Å². The molecule has 10 heteroatoms. The van der Waals surface area contributed by atoms with E-state index in [4.69, 9.17) is 9.47 Å². The van der Waals surface area contributed by atoms with Crippen molar-refractivity contribution in [1.82, 2.24) is 24.9 Å². The van der Waals surface area contributed by atoms with Gasteiger partial charge in [0, 0.05) is 11.4 Å². The van der Waals surface area contributed by atoms with E-state index >= 15 is 0 Å². The maximum absolute atomic E-state index is 12.4. The zero-order chi connectivity index (χ0) is 20.8. The van der Waals surface area contributed by atoms with Crippen molar-refractivity contribution in [2.75, 3.05) is 12.5 Å².